The molecule has 6 heteroatoms. The van der Waals surface area contributed by atoms with Crippen molar-refractivity contribution in [2.24, 2.45) is 0 Å². The molecule has 0 radical (unpaired) electrons. The van der Waals surface area contributed by atoms with Crippen molar-refractivity contribution >= 4 is 17.9 Å². The number of hydrogen-bond donors (Lipinski definition) is 0. The highest BCUT2D eigenvalue weighted by atomic mass is 16.5. The molecular weight excluding hydrogens is 552 g/mol. The second-order valence-electron chi connectivity index (χ2n) is 11.6. The molecule has 0 aliphatic heterocycles. The number of ether oxygens (including phenoxy) is 3. The smallest absolute Gasteiger partial charge is 0.333 e. The molecule has 0 rings (SSSR count). The molecule has 0 saturated heterocycles. The van der Waals surface area contributed by atoms with Crippen LogP contribution in [0.5, 0.6) is 0 Å². The Balaban J connectivity index is -0.000000697. The van der Waals surface area contributed by atoms with Gasteiger partial charge in [0.2, 0.25) is 0 Å². The van der Waals surface area contributed by atoms with Gasteiger partial charge in [-0.15, -0.1) is 0 Å². The van der Waals surface area contributed by atoms with Crippen molar-refractivity contribution in [1.29, 1.82) is 0 Å². The lowest BCUT2D eigenvalue weighted by atomic mass is 10.0. The van der Waals surface area contributed by atoms with Gasteiger partial charge in [-0.1, -0.05) is 156 Å². The third-order valence-corrected chi connectivity index (χ3v) is 7.06. The average molecular weight is 623 g/mol. The number of carbonyl (C=O) groups is 3. The summed E-state index contributed by atoms with van der Waals surface area (Å²) in [6.07, 6.45) is 26.9. The van der Waals surface area contributed by atoms with Crippen LogP contribution in [0.15, 0.2) is 36.5 Å². The predicted octanol–water partition coefficient (Wildman–Crippen LogP) is 11.2. The van der Waals surface area contributed by atoms with Crippen LogP contribution in [0.1, 0.15) is 169 Å². The SMILES string of the molecule is C=C(C)C(=O)OC.C=C(C)C(=O)OCCCCCCCCCCCCCCCCCC.C=C(CC)C(=O)OCCCCCC. The molecule has 0 saturated carbocycles. The second kappa shape index (κ2) is 36.8. The molecule has 0 heterocycles. The van der Waals surface area contributed by atoms with Crippen LogP contribution >= 0.6 is 0 Å². The molecule has 0 N–H and O–H groups in total. The van der Waals surface area contributed by atoms with Crippen LogP contribution in [0.3, 0.4) is 0 Å². The van der Waals surface area contributed by atoms with Crippen LogP contribution in [-0.4, -0.2) is 38.2 Å². The first kappa shape index (κ1) is 46.1. The summed E-state index contributed by atoms with van der Waals surface area (Å²) in [5.41, 5.74) is 1.49. The lowest BCUT2D eigenvalue weighted by Gasteiger charge is -2.05. The summed E-state index contributed by atoms with van der Waals surface area (Å²) < 4.78 is 14.4. The Kier molecular flexibility index (Phi) is 38.5. The molecule has 6 nitrogen and oxygen atoms in total. The van der Waals surface area contributed by atoms with Crippen molar-refractivity contribution in [1.82, 2.24) is 0 Å². The van der Waals surface area contributed by atoms with Crippen LogP contribution in [-0.2, 0) is 28.6 Å². The van der Waals surface area contributed by atoms with Gasteiger partial charge in [-0.2, -0.15) is 0 Å². The molecule has 0 unspecified atom stereocenters. The predicted molar refractivity (Wildman–Crippen MR) is 187 cm³/mol. The fourth-order valence-electron chi connectivity index (χ4n) is 4.05. The Labute approximate surface area is 272 Å². The minimum Gasteiger partial charge on any atom is -0.466 e. The minimum absolute atomic E-state index is 0.237. The zero-order valence-corrected chi connectivity index (χ0v) is 29.8. The topological polar surface area (TPSA) is 78.9 Å². The van der Waals surface area contributed by atoms with E-state index in [-0.39, 0.29) is 17.9 Å². The zero-order chi connectivity index (χ0) is 33.8. The van der Waals surface area contributed by atoms with Crippen molar-refractivity contribution in [2.45, 2.75) is 169 Å². The first-order valence-electron chi connectivity index (χ1n) is 17.5. The summed E-state index contributed by atoms with van der Waals surface area (Å²) in [5, 5.41) is 0. The molecule has 0 aliphatic rings. The first-order valence-corrected chi connectivity index (χ1v) is 17.5. The van der Waals surface area contributed by atoms with Gasteiger partial charge in [0.05, 0.1) is 20.3 Å². The standard InChI is InChI=1S/C22H42O2.C11H20O2.C5H8O2/c1-4-5-6-7-8-9-10-11-12-13-14-15-16-17-18-19-20-24-22(23)21(2)3;1-4-6-7-8-9-13-11(12)10(3)5-2;1-4(2)5(6)7-3/h2,4-20H2,1,3H3;3-9H2,1-2H3;1H2,2-3H3. The van der Waals surface area contributed by atoms with Gasteiger partial charge < -0.3 is 14.2 Å². The van der Waals surface area contributed by atoms with Gasteiger partial charge in [0, 0.05) is 16.7 Å². The fraction of sp³-hybridized carbons (Fsp3) is 0.763. The molecule has 44 heavy (non-hydrogen) atoms. The molecule has 0 bridgehead atoms. The van der Waals surface area contributed by atoms with Gasteiger partial charge in [0.1, 0.15) is 0 Å². The Hall–Kier alpha value is -2.37. The largest absolute Gasteiger partial charge is 0.466 e. The van der Waals surface area contributed by atoms with E-state index in [1.807, 2.05) is 6.92 Å². The van der Waals surface area contributed by atoms with Gasteiger partial charge in [0.15, 0.2) is 0 Å². The minimum atomic E-state index is -0.347. The summed E-state index contributed by atoms with van der Waals surface area (Å²) in [7, 11) is 1.33. The van der Waals surface area contributed by atoms with E-state index in [0.717, 1.165) is 19.3 Å². The molecule has 0 atom stereocenters. The van der Waals surface area contributed by atoms with Gasteiger partial charge in [0.25, 0.3) is 0 Å². The van der Waals surface area contributed by atoms with Crippen molar-refractivity contribution in [3.05, 3.63) is 36.5 Å². The third-order valence-electron chi connectivity index (χ3n) is 7.06. The molecule has 0 amide bonds. The fourth-order valence-corrected chi connectivity index (χ4v) is 4.05. The Morgan fingerprint density at radius 3 is 1.02 bits per heavy atom. The van der Waals surface area contributed by atoms with Crippen LogP contribution in [0.25, 0.3) is 0 Å². The highest BCUT2D eigenvalue weighted by Gasteiger charge is 2.05. The molecule has 0 spiro atoms. The number of unbranched alkanes of at least 4 members (excludes halogenated alkanes) is 18. The van der Waals surface area contributed by atoms with Crippen molar-refractivity contribution < 1.29 is 28.6 Å². The van der Waals surface area contributed by atoms with Crippen LogP contribution in [0.4, 0.5) is 0 Å². The van der Waals surface area contributed by atoms with Crippen LogP contribution in [0.2, 0.25) is 0 Å². The highest BCUT2D eigenvalue weighted by Crippen LogP contribution is 2.14. The molecule has 258 valence electrons. The van der Waals surface area contributed by atoms with Gasteiger partial charge >= 0.3 is 17.9 Å². The summed E-state index contributed by atoms with van der Waals surface area (Å²) >= 11 is 0. The summed E-state index contributed by atoms with van der Waals surface area (Å²) in [6.45, 7) is 21.3. The monoisotopic (exact) mass is 623 g/mol. The second-order valence-corrected chi connectivity index (χ2v) is 11.6. The number of hydrogen-bond acceptors (Lipinski definition) is 6. The molecule has 0 aliphatic carbocycles. The Morgan fingerprint density at radius 2 is 0.750 bits per heavy atom. The summed E-state index contributed by atoms with van der Waals surface area (Å²) in [5.74, 6) is -0.838. The number of carbonyl (C=O) groups excluding carboxylic acids is 3. The molecular formula is C38H70O6. The Bertz CT molecular complexity index is 740. The number of rotatable bonds is 26. The first-order chi connectivity index (χ1) is 21.1. The van der Waals surface area contributed by atoms with Gasteiger partial charge in [-0.05, 0) is 33.1 Å². The van der Waals surface area contributed by atoms with Crippen molar-refractivity contribution in [3.63, 3.8) is 0 Å². The maximum Gasteiger partial charge on any atom is 0.333 e. The zero-order valence-electron chi connectivity index (χ0n) is 29.8. The third kappa shape index (κ3) is 37.7. The van der Waals surface area contributed by atoms with E-state index in [9.17, 15) is 14.4 Å². The van der Waals surface area contributed by atoms with Gasteiger partial charge in [-0.25, -0.2) is 14.4 Å². The van der Waals surface area contributed by atoms with E-state index >= 15 is 0 Å². The molecule has 0 fully saturated rings. The maximum absolute atomic E-state index is 11.2. The average Bonchev–Trinajstić information content (AvgIpc) is 3.01. The highest BCUT2D eigenvalue weighted by molar-refractivity contribution is 5.87. The number of esters is 3. The molecule has 0 aromatic carbocycles. The lowest BCUT2D eigenvalue weighted by molar-refractivity contribution is -0.140. The summed E-state index contributed by atoms with van der Waals surface area (Å²) in [4.78, 5) is 32.5. The number of methoxy groups -OCH3 is 1. The van der Waals surface area contributed by atoms with Crippen molar-refractivity contribution in [3.8, 4) is 0 Å². The Morgan fingerprint density at radius 1 is 0.455 bits per heavy atom. The van der Waals surface area contributed by atoms with Crippen LogP contribution in [0, 0.1) is 0 Å². The molecule has 0 aromatic rings. The normalized spacial score (nSPS) is 9.95. The van der Waals surface area contributed by atoms with E-state index in [1.165, 1.54) is 116 Å². The van der Waals surface area contributed by atoms with E-state index in [0.29, 0.717) is 36.4 Å². The van der Waals surface area contributed by atoms with E-state index in [4.69, 9.17) is 9.47 Å². The molecule has 0 aromatic heterocycles. The lowest BCUT2D eigenvalue weighted by Crippen LogP contribution is -2.07. The van der Waals surface area contributed by atoms with Crippen LogP contribution < -0.4 is 0 Å². The maximum atomic E-state index is 11.2. The van der Waals surface area contributed by atoms with E-state index in [2.05, 4.69) is 38.3 Å². The van der Waals surface area contributed by atoms with Crippen molar-refractivity contribution in [2.75, 3.05) is 20.3 Å². The quantitative estimate of drug-likeness (QED) is 0.0413. The van der Waals surface area contributed by atoms with E-state index < -0.39 is 0 Å². The summed E-state index contributed by atoms with van der Waals surface area (Å²) in [6, 6.07) is 0. The van der Waals surface area contributed by atoms with E-state index in [1.54, 1.807) is 13.8 Å². The van der Waals surface area contributed by atoms with Gasteiger partial charge in [-0.3, -0.25) is 0 Å².